The quantitative estimate of drug-likeness (QED) is 0.593. The maximum atomic E-state index is 11.5. The predicted molar refractivity (Wildman–Crippen MR) is 97.0 cm³/mol. The van der Waals surface area contributed by atoms with Gasteiger partial charge >= 0.3 is 5.97 Å². The summed E-state index contributed by atoms with van der Waals surface area (Å²) in [6.45, 7) is 3.20. The molecule has 2 aliphatic rings. The minimum Gasteiger partial charge on any atom is -0.466 e. The lowest BCUT2D eigenvalue weighted by atomic mass is 9.75. The summed E-state index contributed by atoms with van der Waals surface area (Å²) in [5.41, 5.74) is 2.59. The van der Waals surface area contributed by atoms with Crippen LogP contribution in [0.3, 0.4) is 0 Å². The number of rotatable bonds is 5. The second kappa shape index (κ2) is 6.56. The van der Waals surface area contributed by atoms with Crippen molar-refractivity contribution in [2.45, 2.75) is 44.1 Å². The first-order valence-electron chi connectivity index (χ1n) is 7.90. The number of halogens is 1. The normalized spacial score (nSPS) is 25.7. The van der Waals surface area contributed by atoms with Gasteiger partial charge in [0.15, 0.2) is 0 Å². The summed E-state index contributed by atoms with van der Waals surface area (Å²) in [7, 11) is 0. The zero-order valence-corrected chi connectivity index (χ0v) is 14.9. The molecule has 2 aliphatic heterocycles. The summed E-state index contributed by atoms with van der Waals surface area (Å²) in [5, 5.41) is 3.67. The predicted octanol–water partition coefficient (Wildman–Crippen LogP) is 3.69. The number of ether oxygens (including phenoxy) is 1. The van der Waals surface area contributed by atoms with Crippen molar-refractivity contribution >= 4 is 38.0 Å². The van der Waals surface area contributed by atoms with Crippen LogP contribution < -0.4 is 5.32 Å². The number of hydrogen-bond donors (Lipinski definition) is 1. The Kier molecular flexibility index (Phi) is 4.70. The van der Waals surface area contributed by atoms with E-state index >= 15 is 0 Å². The van der Waals surface area contributed by atoms with E-state index in [1.165, 1.54) is 15.0 Å². The Morgan fingerprint density at radius 3 is 3.05 bits per heavy atom. The molecule has 2 atom stereocenters. The van der Waals surface area contributed by atoms with Gasteiger partial charge in [0.05, 0.1) is 15.7 Å². The van der Waals surface area contributed by atoms with Gasteiger partial charge < -0.3 is 10.1 Å². The van der Waals surface area contributed by atoms with Crippen LogP contribution in [0.5, 0.6) is 0 Å². The first kappa shape index (κ1) is 15.8. The molecule has 0 bridgehead atoms. The molecule has 4 nitrogen and oxygen atoms in total. The number of anilines is 1. The molecule has 0 unspecified atom stereocenters. The van der Waals surface area contributed by atoms with Gasteiger partial charge in [-0.25, -0.2) is 0 Å². The first-order chi connectivity index (χ1) is 10.7. The molecule has 0 aliphatic carbocycles. The van der Waals surface area contributed by atoms with Gasteiger partial charge in [-0.05, 0) is 60.4 Å². The second-order valence-corrected chi connectivity index (χ2v) is 6.86. The SMILES string of the molecule is CCOC(=O)CCC[C@H]1Nc2ccccc2[C@]12CCN=C2I. The zero-order chi connectivity index (χ0) is 15.6. The van der Waals surface area contributed by atoms with Crippen LogP contribution in [0.2, 0.25) is 0 Å². The monoisotopic (exact) mass is 412 g/mol. The van der Waals surface area contributed by atoms with Crippen molar-refractivity contribution < 1.29 is 9.53 Å². The molecule has 1 spiro atoms. The van der Waals surface area contributed by atoms with E-state index in [4.69, 9.17) is 4.74 Å². The molecule has 0 amide bonds. The zero-order valence-electron chi connectivity index (χ0n) is 12.8. The van der Waals surface area contributed by atoms with E-state index in [9.17, 15) is 4.79 Å². The van der Waals surface area contributed by atoms with E-state index < -0.39 is 0 Å². The molecule has 0 radical (unpaired) electrons. The third kappa shape index (κ3) is 2.64. The number of fused-ring (bicyclic) bond motifs is 2. The highest BCUT2D eigenvalue weighted by atomic mass is 127. The molecule has 3 rings (SSSR count). The lowest BCUT2D eigenvalue weighted by Crippen LogP contribution is -2.41. The number of hydrogen-bond acceptors (Lipinski definition) is 4. The van der Waals surface area contributed by atoms with Crippen molar-refractivity contribution in [1.29, 1.82) is 0 Å². The number of para-hydroxylation sites is 1. The molecule has 0 saturated heterocycles. The highest BCUT2D eigenvalue weighted by Crippen LogP contribution is 2.49. The fourth-order valence-electron chi connectivity index (χ4n) is 3.64. The standard InChI is InChI=1S/C17H21IN2O2/c1-2-22-15(21)9-5-8-14-17(10-11-19-16(17)18)12-6-3-4-7-13(12)20-14/h3-4,6-7,14,20H,2,5,8-11H2,1H3/t14-,17-/m1/s1. The Bertz CT molecular complexity index is 602. The van der Waals surface area contributed by atoms with Crippen molar-refractivity contribution in [2.75, 3.05) is 18.5 Å². The maximum absolute atomic E-state index is 11.5. The third-order valence-electron chi connectivity index (χ3n) is 4.64. The van der Waals surface area contributed by atoms with Crippen molar-refractivity contribution in [1.82, 2.24) is 0 Å². The summed E-state index contributed by atoms with van der Waals surface area (Å²) in [5.74, 6) is -0.0955. The fourth-order valence-corrected chi connectivity index (χ4v) is 4.81. The highest BCUT2D eigenvalue weighted by Gasteiger charge is 2.51. The molecule has 5 heteroatoms. The lowest BCUT2D eigenvalue weighted by Gasteiger charge is -2.31. The molecule has 1 aromatic carbocycles. The average molecular weight is 412 g/mol. The van der Waals surface area contributed by atoms with Crippen molar-refractivity contribution in [3.63, 3.8) is 0 Å². The van der Waals surface area contributed by atoms with Crippen LogP contribution >= 0.6 is 22.6 Å². The minimum atomic E-state index is -0.0955. The van der Waals surface area contributed by atoms with E-state index in [1.54, 1.807) is 0 Å². The van der Waals surface area contributed by atoms with Crippen LogP contribution in [0, 0.1) is 0 Å². The third-order valence-corrected chi connectivity index (χ3v) is 5.94. The van der Waals surface area contributed by atoms with Gasteiger partial charge in [-0.15, -0.1) is 0 Å². The van der Waals surface area contributed by atoms with Crippen molar-refractivity contribution in [2.24, 2.45) is 4.99 Å². The van der Waals surface area contributed by atoms with Crippen LogP contribution in [0.15, 0.2) is 29.3 Å². The Hall–Kier alpha value is -1.11. The van der Waals surface area contributed by atoms with Crippen LogP contribution in [0.25, 0.3) is 0 Å². The second-order valence-electron chi connectivity index (χ2n) is 5.83. The van der Waals surface area contributed by atoms with Gasteiger partial charge in [0.2, 0.25) is 0 Å². The smallest absolute Gasteiger partial charge is 0.305 e. The Morgan fingerprint density at radius 2 is 2.32 bits per heavy atom. The number of esters is 1. The maximum Gasteiger partial charge on any atom is 0.305 e. The molecule has 0 fully saturated rings. The van der Waals surface area contributed by atoms with Crippen molar-refractivity contribution in [3.05, 3.63) is 29.8 Å². The Morgan fingerprint density at radius 1 is 1.50 bits per heavy atom. The van der Waals surface area contributed by atoms with E-state index in [-0.39, 0.29) is 11.4 Å². The summed E-state index contributed by atoms with van der Waals surface area (Å²) < 4.78 is 6.22. The van der Waals surface area contributed by atoms with Crippen LogP contribution in [0.1, 0.15) is 38.2 Å². The number of nitrogens with zero attached hydrogens (tertiary/aromatic N) is 1. The molecule has 118 valence electrons. The van der Waals surface area contributed by atoms with Crippen LogP contribution in [0.4, 0.5) is 5.69 Å². The van der Waals surface area contributed by atoms with E-state index in [0.717, 1.165) is 25.8 Å². The number of aliphatic imine (C=N–C) groups is 1. The van der Waals surface area contributed by atoms with Gasteiger partial charge in [-0.2, -0.15) is 0 Å². The minimum absolute atomic E-state index is 0.00577. The molecule has 1 aromatic rings. The molecule has 0 aromatic heterocycles. The van der Waals surface area contributed by atoms with Gasteiger partial charge in [0.1, 0.15) is 0 Å². The summed E-state index contributed by atoms with van der Waals surface area (Å²) in [6.07, 6.45) is 3.34. The largest absolute Gasteiger partial charge is 0.466 e. The lowest BCUT2D eigenvalue weighted by molar-refractivity contribution is -0.143. The first-order valence-corrected chi connectivity index (χ1v) is 8.98. The van der Waals surface area contributed by atoms with E-state index in [0.29, 0.717) is 19.1 Å². The highest BCUT2D eigenvalue weighted by molar-refractivity contribution is 14.1. The Labute approximate surface area is 144 Å². The molecule has 2 heterocycles. The summed E-state index contributed by atoms with van der Waals surface area (Å²) in [6, 6.07) is 8.85. The van der Waals surface area contributed by atoms with E-state index in [1.807, 2.05) is 6.92 Å². The van der Waals surface area contributed by atoms with Gasteiger partial charge in [0, 0.05) is 24.7 Å². The van der Waals surface area contributed by atoms with Crippen molar-refractivity contribution in [3.8, 4) is 0 Å². The average Bonchev–Trinajstić information content (AvgIpc) is 3.04. The topological polar surface area (TPSA) is 50.7 Å². The summed E-state index contributed by atoms with van der Waals surface area (Å²) >= 11 is 2.40. The Balaban J connectivity index is 1.75. The van der Waals surface area contributed by atoms with Crippen LogP contribution in [-0.4, -0.2) is 28.9 Å². The number of benzene rings is 1. The van der Waals surface area contributed by atoms with Gasteiger partial charge in [0.25, 0.3) is 0 Å². The van der Waals surface area contributed by atoms with Crippen LogP contribution in [-0.2, 0) is 14.9 Å². The van der Waals surface area contributed by atoms with Gasteiger partial charge in [-0.1, -0.05) is 18.2 Å². The van der Waals surface area contributed by atoms with Gasteiger partial charge in [-0.3, -0.25) is 9.79 Å². The number of carbonyl (C=O) groups excluding carboxylic acids is 1. The molecule has 0 saturated carbocycles. The number of nitrogens with one attached hydrogen (secondary N) is 1. The van der Waals surface area contributed by atoms with E-state index in [2.05, 4.69) is 57.2 Å². The molecule has 1 N–H and O–H groups in total. The summed E-state index contributed by atoms with van der Waals surface area (Å²) in [4.78, 5) is 16.2. The number of carbonyl (C=O) groups is 1. The molecular weight excluding hydrogens is 391 g/mol. The molecule has 22 heavy (non-hydrogen) atoms. The fraction of sp³-hybridized carbons (Fsp3) is 0.529. The molecular formula is C17H21IN2O2.